The number of aromatic nitrogens is 1. The lowest BCUT2D eigenvalue weighted by molar-refractivity contribution is -0.146. The van der Waals surface area contributed by atoms with Gasteiger partial charge in [-0.3, -0.25) is 24.1 Å². The van der Waals surface area contributed by atoms with Gasteiger partial charge in [-0.25, -0.2) is 4.98 Å². The summed E-state index contributed by atoms with van der Waals surface area (Å²) in [5, 5.41) is 18.5. The van der Waals surface area contributed by atoms with Crippen LogP contribution >= 0.6 is 11.3 Å². The van der Waals surface area contributed by atoms with Crippen LogP contribution in [0.1, 0.15) is 82.5 Å². The van der Waals surface area contributed by atoms with Gasteiger partial charge in [0.1, 0.15) is 10.8 Å². The number of aromatic hydroxyl groups is 1. The van der Waals surface area contributed by atoms with Gasteiger partial charge >= 0.3 is 0 Å². The van der Waals surface area contributed by atoms with E-state index in [0.29, 0.717) is 25.9 Å². The van der Waals surface area contributed by atoms with Crippen LogP contribution in [0.4, 0.5) is 0 Å². The van der Waals surface area contributed by atoms with Gasteiger partial charge in [0.2, 0.25) is 23.6 Å². The first kappa shape index (κ1) is 47.3. The molecule has 2 heterocycles. The summed E-state index contributed by atoms with van der Waals surface area (Å²) in [5.74, 6) is -1.29. The smallest absolute Gasteiger partial charge is 0.242 e. The summed E-state index contributed by atoms with van der Waals surface area (Å²) in [6, 6.07) is 15.3. The molecule has 1 aliphatic rings. The van der Waals surface area contributed by atoms with Crippen molar-refractivity contribution in [3.63, 3.8) is 0 Å². The predicted octanol–water partition coefficient (Wildman–Crippen LogP) is 5.44. The normalized spacial score (nSPS) is 17.8. The van der Waals surface area contributed by atoms with Crippen molar-refractivity contribution in [1.29, 1.82) is 0 Å². The summed E-state index contributed by atoms with van der Waals surface area (Å²) in [4.78, 5) is 65.4. The van der Waals surface area contributed by atoms with Crippen LogP contribution in [0.15, 0.2) is 66.2 Å². The third kappa shape index (κ3) is 12.8. The van der Waals surface area contributed by atoms with E-state index in [1.165, 1.54) is 11.3 Å². The Morgan fingerprint density at radius 2 is 1.66 bits per heavy atom. The molecule has 3 aromatic rings. The zero-order chi connectivity index (χ0) is 43.2. The maximum absolute atomic E-state index is 14.3. The number of rotatable bonds is 22. The van der Waals surface area contributed by atoms with E-state index in [1.54, 1.807) is 44.5 Å². The zero-order valence-electron chi connectivity index (χ0n) is 36.3. The molecule has 1 aromatic heterocycles. The van der Waals surface area contributed by atoms with Gasteiger partial charge in [0, 0.05) is 45.9 Å². The highest BCUT2D eigenvalue weighted by molar-refractivity contribution is 7.09. The van der Waals surface area contributed by atoms with E-state index >= 15 is 0 Å². The standard InChI is InChI=1S/C45H66N6O7S/c1-10-30(4)41(50(7)39(54)27-47-44(56)40(29(2)3)49(6)28-33-18-20-34(52)21-19-33)37(57-8)26-38(53)51-23-14-17-36(51)42(58-9)31(5)43(55)48-35(45-46-22-24-59-45)25-32-15-12-11-13-16-32/h11-13,15-16,18-22,24,29-31,35-37,40-42,52H,10,14,17,23,25-28H2,1-9H3,(H,47,56)(H,48,55). The number of amides is 4. The molecule has 0 aliphatic carbocycles. The summed E-state index contributed by atoms with van der Waals surface area (Å²) >= 11 is 1.50. The van der Waals surface area contributed by atoms with E-state index in [4.69, 9.17) is 9.47 Å². The van der Waals surface area contributed by atoms with Gasteiger partial charge in [-0.05, 0) is 61.4 Å². The number of benzene rings is 2. The van der Waals surface area contributed by atoms with Crippen LogP contribution in [0.2, 0.25) is 0 Å². The first-order valence-corrected chi connectivity index (χ1v) is 21.7. The number of thiazole rings is 1. The number of carbonyl (C=O) groups excluding carboxylic acids is 4. The Labute approximate surface area is 354 Å². The zero-order valence-corrected chi connectivity index (χ0v) is 37.1. The summed E-state index contributed by atoms with van der Waals surface area (Å²) in [5.41, 5.74) is 2.03. The van der Waals surface area contributed by atoms with Gasteiger partial charge in [0.05, 0.1) is 55.3 Å². The van der Waals surface area contributed by atoms with Gasteiger partial charge in [0.15, 0.2) is 0 Å². The molecule has 0 radical (unpaired) electrons. The first-order valence-electron chi connectivity index (χ1n) is 20.8. The van der Waals surface area contributed by atoms with Gasteiger partial charge < -0.3 is 35.0 Å². The number of nitrogens with zero attached hydrogens (tertiary/aromatic N) is 4. The molecule has 59 heavy (non-hydrogen) atoms. The summed E-state index contributed by atoms with van der Waals surface area (Å²) in [6.07, 6.45) is 3.38. The highest BCUT2D eigenvalue weighted by Crippen LogP contribution is 2.30. The molecule has 1 fully saturated rings. The number of hydrogen-bond donors (Lipinski definition) is 3. The Morgan fingerprint density at radius 1 is 0.966 bits per heavy atom. The predicted molar refractivity (Wildman–Crippen MR) is 230 cm³/mol. The lowest BCUT2D eigenvalue weighted by atomic mass is 9.90. The molecule has 3 N–H and O–H groups in total. The van der Waals surface area contributed by atoms with Gasteiger partial charge in [-0.2, -0.15) is 0 Å². The highest BCUT2D eigenvalue weighted by Gasteiger charge is 2.42. The molecule has 2 aromatic carbocycles. The number of likely N-dealkylation sites (tertiary alicyclic amines) is 1. The maximum Gasteiger partial charge on any atom is 0.242 e. The third-order valence-electron chi connectivity index (χ3n) is 11.8. The molecule has 13 nitrogen and oxygen atoms in total. The van der Waals surface area contributed by atoms with Crippen molar-refractivity contribution in [2.24, 2.45) is 17.8 Å². The van der Waals surface area contributed by atoms with E-state index in [9.17, 15) is 24.3 Å². The van der Waals surface area contributed by atoms with Crippen molar-refractivity contribution in [3.8, 4) is 5.75 Å². The average Bonchev–Trinajstić information content (AvgIpc) is 3.94. The highest BCUT2D eigenvalue weighted by atomic mass is 32.1. The molecule has 14 heteroatoms. The van der Waals surface area contributed by atoms with Gasteiger partial charge in [-0.15, -0.1) is 11.3 Å². The van der Waals surface area contributed by atoms with Crippen LogP contribution in [0.3, 0.4) is 0 Å². The Kier molecular flexibility index (Phi) is 18.3. The summed E-state index contributed by atoms with van der Waals surface area (Å²) in [6.45, 7) is 10.7. The fraction of sp³-hybridized carbons (Fsp3) is 0.578. The van der Waals surface area contributed by atoms with Crippen LogP contribution in [0, 0.1) is 17.8 Å². The van der Waals surface area contributed by atoms with E-state index < -0.39 is 30.2 Å². The molecule has 4 amide bonds. The molecule has 324 valence electrons. The Balaban J connectivity index is 1.41. The number of nitrogens with one attached hydrogen (secondary N) is 2. The Morgan fingerprint density at radius 3 is 2.25 bits per heavy atom. The van der Waals surface area contributed by atoms with Crippen LogP contribution in [0.25, 0.3) is 0 Å². The van der Waals surface area contributed by atoms with Crippen LogP contribution < -0.4 is 10.6 Å². The molecule has 4 rings (SSSR count). The molecule has 1 aliphatic heterocycles. The van der Waals surface area contributed by atoms with E-state index in [2.05, 4.69) is 15.6 Å². The number of carbonyl (C=O) groups is 4. The molecule has 1 saturated heterocycles. The molecular weight excluding hydrogens is 769 g/mol. The van der Waals surface area contributed by atoms with E-state index in [0.717, 1.165) is 29.0 Å². The second-order valence-electron chi connectivity index (χ2n) is 16.3. The summed E-state index contributed by atoms with van der Waals surface area (Å²) < 4.78 is 12.0. The number of methoxy groups -OCH3 is 2. The molecule has 0 spiro atoms. The Hall–Kier alpha value is -4.37. The second kappa shape index (κ2) is 22.8. The van der Waals surface area contributed by atoms with Crippen LogP contribution in [0.5, 0.6) is 5.75 Å². The van der Waals surface area contributed by atoms with Crippen molar-refractivity contribution < 1.29 is 33.8 Å². The van der Waals surface area contributed by atoms with Crippen LogP contribution in [-0.2, 0) is 41.6 Å². The number of hydrogen-bond acceptors (Lipinski definition) is 10. The van der Waals surface area contributed by atoms with Crippen molar-refractivity contribution in [2.45, 2.75) is 110 Å². The molecule has 0 bridgehead atoms. The SMILES string of the molecule is CCC(C)C(C(CC(=O)N1CCCC1C(OC)C(C)C(=O)NC(Cc1ccccc1)c1nccs1)OC)N(C)C(=O)CNC(=O)C(C(C)C)N(C)Cc1ccc(O)cc1. The minimum absolute atomic E-state index is 0.0243. The van der Waals surface area contributed by atoms with E-state index in [-0.39, 0.29) is 66.3 Å². The van der Waals surface area contributed by atoms with Crippen LogP contribution in [-0.4, -0.2) is 120 Å². The topological polar surface area (TPSA) is 154 Å². The van der Waals surface area contributed by atoms with Gasteiger partial charge in [-0.1, -0.05) is 83.5 Å². The van der Waals surface area contributed by atoms with Gasteiger partial charge in [0.25, 0.3) is 0 Å². The number of ether oxygens (including phenoxy) is 2. The third-order valence-corrected chi connectivity index (χ3v) is 12.7. The molecule has 8 unspecified atom stereocenters. The molecular formula is C45H66N6O7S. The molecule has 8 atom stereocenters. The van der Waals surface area contributed by atoms with Crippen molar-refractivity contribution in [1.82, 2.24) is 30.3 Å². The average molecular weight is 835 g/mol. The fourth-order valence-electron chi connectivity index (χ4n) is 8.48. The quantitative estimate of drug-likeness (QED) is 0.120. The number of phenolic OH excluding ortho intramolecular Hbond substituents is 1. The minimum atomic E-state index is -0.623. The monoisotopic (exact) mass is 834 g/mol. The lowest BCUT2D eigenvalue weighted by Crippen LogP contribution is -2.55. The maximum atomic E-state index is 14.3. The molecule has 0 saturated carbocycles. The van der Waals surface area contributed by atoms with Crippen molar-refractivity contribution in [2.75, 3.05) is 41.4 Å². The first-order chi connectivity index (χ1) is 28.2. The van der Waals surface area contributed by atoms with E-state index in [1.807, 2.05) is 99.3 Å². The second-order valence-corrected chi connectivity index (χ2v) is 17.2. The van der Waals surface area contributed by atoms with Crippen molar-refractivity contribution in [3.05, 3.63) is 82.3 Å². The van der Waals surface area contributed by atoms with Crippen molar-refractivity contribution >= 4 is 35.0 Å². The number of likely N-dealkylation sites (N-methyl/N-ethyl adjacent to an activating group) is 2. The fourth-order valence-corrected chi connectivity index (χ4v) is 9.17. The minimum Gasteiger partial charge on any atom is -0.508 e. The number of phenols is 1. The Bertz CT molecular complexity index is 1760. The largest absolute Gasteiger partial charge is 0.508 e. The lowest BCUT2D eigenvalue weighted by Gasteiger charge is -2.39. The summed E-state index contributed by atoms with van der Waals surface area (Å²) in [7, 11) is 6.72.